The minimum Gasteiger partial charge on any atom is -0.340 e. The molecule has 1 fully saturated rings. The number of carbonyl (C=O) groups excluding carboxylic acids is 1. The average Bonchev–Trinajstić information content (AvgIpc) is 2.92. The lowest BCUT2D eigenvalue weighted by molar-refractivity contribution is -0.131. The van der Waals surface area contributed by atoms with Crippen LogP contribution in [0.2, 0.25) is 0 Å². The summed E-state index contributed by atoms with van der Waals surface area (Å²) in [5, 5.41) is 0. The van der Waals surface area contributed by atoms with Crippen LogP contribution in [0.5, 0.6) is 0 Å². The van der Waals surface area contributed by atoms with Crippen molar-refractivity contribution in [1.29, 1.82) is 0 Å². The molecule has 0 saturated heterocycles. The highest BCUT2D eigenvalue weighted by Crippen LogP contribution is 2.55. The number of hydrogen-bond acceptors (Lipinski definition) is 1. The number of rotatable bonds is 7. The van der Waals surface area contributed by atoms with Gasteiger partial charge in [0.1, 0.15) is 0 Å². The van der Waals surface area contributed by atoms with E-state index in [1.807, 2.05) is 4.90 Å². The molecule has 1 amide bonds. The summed E-state index contributed by atoms with van der Waals surface area (Å²) in [4.78, 5) is 13.6. The minimum absolute atomic E-state index is 0.211. The number of allylic oxidation sites excluding steroid dienone is 2. The van der Waals surface area contributed by atoms with Crippen molar-refractivity contribution < 1.29 is 4.79 Å². The SMILES string of the molecule is CCC=CCCC1CC1(C)CN(C(C)=O)C(C)C. The summed E-state index contributed by atoms with van der Waals surface area (Å²) < 4.78 is 0. The zero-order valence-corrected chi connectivity index (χ0v) is 12.7. The normalized spacial score (nSPS) is 26.9. The largest absolute Gasteiger partial charge is 0.340 e. The summed E-state index contributed by atoms with van der Waals surface area (Å²) in [6.45, 7) is 11.3. The zero-order chi connectivity index (χ0) is 13.8. The Kier molecular flexibility index (Phi) is 5.43. The Bertz CT molecular complexity index is 308. The number of hydrogen-bond donors (Lipinski definition) is 0. The first-order chi connectivity index (χ1) is 8.40. The first-order valence-electron chi connectivity index (χ1n) is 7.33. The maximum atomic E-state index is 11.6. The fourth-order valence-electron chi connectivity index (χ4n) is 2.78. The molecule has 2 heteroatoms. The van der Waals surface area contributed by atoms with Gasteiger partial charge in [-0.05, 0) is 50.9 Å². The topological polar surface area (TPSA) is 20.3 Å². The van der Waals surface area contributed by atoms with Crippen molar-refractivity contribution >= 4 is 5.91 Å². The highest BCUT2D eigenvalue weighted by molar-refractivity contribution is 5.73. The summed E-state index contributed by atoms with van der Waals surface area (Å²) in [5.74, 6) is 1.02. The van der Waals surface area contributed by atoms with Crippen LogP contribution in [0.4, 0.5) is 0 Å². The van der Waals surface area contributed by atoms with Crippen LogP contribution in [0, 0.1) is 11.3 Å². The van der Waals surface area contributed by atoms with Gasteiger partial charge in [0, 0.05) is 19.5 Å². The molecule has 18 heavy (non-hydrogen) atoms. The second-order valence-corrected chi connectivity index (χ2v) is 6.25. The Hall–Kier alpha value is -0.790. The molecule has 0 aromatic carbocycles. The van der Waals surface area contributed by atoms with Gasteiger partial charge in [-0.3, -0.25) is 4.79 Å². The highest BCUT2D eigenvalue weighted by atomic mass is 16.2. The van der Waals surface area contributed by atoms with E-state index in [2.05, 4.69) is 39.8 Å². The van der Waals surface area contributed by atoms with Gasteiger partial charge in [-0.25, -0.2) is 0 Å². The van der Waals surface area contributed by atoms with Gasteiger partial charge in [0.2, 0.25) is 5.91 Å². The quantitative estimate of drug-likeness (QED) is 0.626. The molecule has 0 heterocycles. The summed E-state index contributed by atoms with van der Waals surface area (Å²) in [6, 6.07) is 0.320. The molecular formula is C16H29NO. The van der Waals surface area contributed by atoms with Crippen molar-refractivity contribution in [2.75, 3.05) is 6.54 Å². The molecule has 0 N–H and O–H groups in total. The van der Waals surface area contributed by atoms with E-state index in [4.69, 9.17) is 0 Å². The summed E-state index contributed by atoms with van der Waals surface area (Å²) in [7, 11) is 0. The van der Waals surface area contributed by atoms with E-state index < -0.39 is 0 Å². The third-order valence-corrected chi connectivity index (χ3v) is 4.18. The first-order valence-corrected chi connectivity index (χ1v) is 7.33. The molecule has 0 aromatic heterocycles. The maximum absolute atomic E-state index is 11.6. The van der Waals surface area contributed by atoms with Crippen molar-refractivity contribution in [3.05, 3.63) is 12.2 Å². The molecule has 0 spiro atoms. The molecule has 0 bridgehead atoms. The molecule has 104 valence electrons. The lowest BCUT2D eigenvalue weighted by atomic mass is 10.0. The third kappa shape index (κ3) is 4.15. The number of nitrogens with zero attached hydrogens (tertiary/aromatic N) is 1. The fourth-order valence-corrected chi connectivity index (χ4v) is 2.78. The fraction of sp³-hybridized carbons (Fsp3) is 0.812. The third-order valence-electron chi connectivity index (χ3n) is 4.18. The van der Waals surface area contributed by atoms with Crippen molar-refractivity contribution in [1.82, 2.24) is 4.90 Å². The van der Waals surface area contributed by atoms with Crippen molar-refractivity contribution in [2.45, 2.75) is 66.3 Å². The van der Waals surface area contributed by atoms with Crippen LogP contribution >= 0.6 is 0 Å². The Morgan fingerprint density at radius 1 is 1.44 bits per heavy atom. The zero-order valence-electron chi connectivity index (χ0n) is 12.7. The predicted molar refractivity (Wildman–Crippen MR) is 77.4 cm³/mol. The van der Waals surface area contributed by atoms with Crippen LogP contribution in [-0.2, 0) is 4.79 Å². The van der Waals surface area contributed by atoms with E-state index in [0.29, 0.717) is 11.5 Å². The Labute approximate surface area is 112 Å². The molecule has 1 rings (SSSR count). The van der Waals surface area contributed by atoms with Crippen molar-refractivity contribution in [3.63, 3.8) is 0 Å². The van der Waals surface area contributed by atoms with Crippen LogP contribution in [0.25, 0.3) is 0 Å². The van der Waals surface area contributed by atoms with E-state index in [9.17, 15) is 4.79 Å². The Morgan fingerprint density at radius 2 is 2.11 bits per heavy atom. The molecule has 2 unspecified atom stereocenters. The van der Waals surface area contributed by atoms with Crippen LogP contribution in [0.15, 0.2) is 12.2 Å². The molecule has 1 saturated carbocycles. The van der Waals surface area contributed by atoms with Gasteiger partial charge in [0.05, 0.1) is 0 Å². The summed E-state index contributed by atoms with van der Waals surface area (Å²) in [5.41, 5.74) is 0.371. The molecule has 1 aliphatic carbocycles. The monoisotopic (exact) mass is 251 g/mol. The smallest absolute Gasteiger partial charge is 0.219 e. The van der Waals surface area contributed by atoms with Crippen molar-refractivity contribution in [3.8, 4) is 0 Å². The first kappa shape index (κ1) is 15.3. The number of amides is 1. The van der Waals surface area contributed by atoms with E-state index >= 15 is 0 Å². The van der Waals surface area contributed by atoms with Crippen LogP contribution in [-0.4, -0.2) is 23.4 Å². The molecular weight excluding hydrogens is 222 g/mol. The summed E-state index contributed by atoms with van der Waals surface area (Å²) in [6.07, 6.45) is 9.42. The van der Waals surface area contributed by atoms with Gasteiger partial charge < -0.3 is 4.90 Å². The van der Waals surface area contributed by atoms with Gasteiger partial charge in [-0.1, -0.05) is 26.0 Å². The van der Waals surface area contributed by atoms with E-state index in [-0.39, 0.29) is 5.91 Å². The van der Waals surface area contributed by atoms with Crippen molar-refractivity contribution in [2.24, 2.45) is 11.3 Å². The van der Waals surface area contributed by atoms with Crippen LogP contribution in [0.1, 0.15) is 60.3 Å². The van der Waals surface area contributed by atoms with E-state index in [1.165, 1.54) is 19.3 Å². The van der Waals surface area contributed by atoms with Gasteiger partial charge in [-0.15, -0.1) is 0 Å². The molecule has 2 atom stereocenters. The predicted octanol–water partition coefficient (Wildman–Crippen LogP) is 4.02. The summed E-state index contributed by atoms with van der Waals surface area (Å²) >= 11 is 0. The minimum atomic E-state index is 0.211. The van der Waals surface area contributed by atoms with Gasteiger partial charge in [-0.2, -0.15) is 0 Å². The van der Waals surface area contributed by atoms with E-state index in [0.717, 1.165) is 18.9 Å². The molecule has 0 aromatic rings. The van der Waals surface area contributed by atoms with Gasteiger partial charge in [0.25, 0.3) is 0 Å². The van der Waals surface area contributed by atoms with E-state index in [1.54, 1.807) is 6.92 Å². The van der Waals surface area contributed by atoms with Gasteiger partial charge >= 0.3 is 0 Å². The van der Waals surface area contributed by atoms with Gasteiger partial charge in [0.15, 0.2) is 0 Å². The molecule has 1 aliphatic rings. The van der Waals surface area contributed by atoms with Crippen LogP contribution in [0.3, 0.4) is 0 Å². The average molecular weight is 251 g/mol. The molecule has 0 radical (unpaired) electrons. The lowest BCUT2D eigenvalue weighted by Crippen LogP contribution is -2.39. The Balaban J connectivity index is 2.39. The maximum Gasteiger partial charge on any atom is 0.219 e. The standard InChI is InChI=1S/C16H29NO/c1-6-7-8-9-10-15-11-16(15,5)12-17(13(2)3)14(4)18/h7-8,13,15H,6,9-12H2,1-5H3. The number of carbonyl (C=O) groups is 1. The highest BCUT2D eigenvalue weighted by Gasteiger charge is 2.50. The molecule has 2 nitrogen and oxygen atoms in total. The second-order valence-electron chi connectivity index (χ2n) is 6.25. The Morgan fingerprint density at radius 3 is 2.61 bits per heavy atom. The van der Waals surface area contributed by atoms with Crippen LogP contribution < -0.4 is 0 Å². The second kappa shape index (κ2) is 6.40. The lowest BCUT2D eigenvalue weighted by Gasteiger charge is -2.29. The molecule has 0 aliphatic heterocycles.